The summed E-state index contributed by atoms with van der Waals surface area (Å²) in [4.78, 5) is 17.8. The number of para-hydroxylation sites is 1. The first-order valence-electron chi connectivity index (χ1n) is 8.02. The summed E-state index contributed by atoms with van der Waals surface area (Å²) < 4.78 is 32.4. The zero-order valence-corrected chi connectivity index (χ0v) is 17.5. The summed E-state index contributed by atoms with van der Waals surface area (Å²) >= 11 is 8.06. The van der Waals surface area contributed by atoms with Gasteiger partial charge >= 0.3 is 0 Å². The number of anilines is 1. The average Bonchev–Trinajstić information content (AvgIpc) is 3.08. The highest BCUT2D eigenvalue weighted by Crippen LogP contribution is 2.50. The molecule has 6 nitrogen and oxygen atoms in total. The van der Waals surface area contributed by atoms with Crippen molar-refractivity contribution in [1.82, 2.24) is 4.90 Å². The molecule has 0 radical (unpaired) electrons. The van der Waals surface area contributed by atoms with Crippen LogP contribution in [0, 0.1) is 0 Å². The zero-order chi connectivity index (χ0) is 19.1. The van der Waals surface area contributed by atoms with Gasteiger partial charge in [-0.2, -0.15) is 8.42 Å². The van der Waals surface area contributed by atoms with E-state index in [4.69, 9.17) is 12.2 Å². The molecule has 140 valence electrons. The van der Waals surface area contributed by atoms with E-state index in [1.807, 2.05) is 36.1 Å². The number of thioether (sulfide) groups is 2. The van der Waals surface area contributed by atoms with Crippen LogP contribution in [0.1, 0.15) is 20.3 Å². The maximum Gasteiger partial charge on any atom is 0.268 e. The summed E-state index contributed by atoms with van der Waals surface area (Å²) in [6.07, 6.45) is 0.241. The number of hydrogen-bond acceptors (Lipinski definition) is 7. The van der Waals surface area contributed by atoms with Gasteiger partial charge in [0.15, 0.2) is 0 Å². The molecule has 1 aromatic rings. The fourth-order valence-electron chi connectivity index (χ4n) is 2.69. The minimum atomic E-state index is -4.09. The van der Waals surface area contributed by atoms with Crippen molar-refractivity contribution in [3.8, 4) is 0 Å². The molecule has 1 atom stereocenters. The lowest BCUT2D eigenvalue weighted by Crippen LogP contribution is -2.29. The number of amides is 1. The van der Waals surface area contributed by atoms with E-state index < -0.39 is 15.4 Å². The van der Waals surface area contributed by atoms with Crippen molar-refractivity contribution in [3.05, 3.63) is 34.2 Å². The molecule has 1 amide bonds. The third-order valence-electron chi connectivity index (χ3n) is 4.24. The van der Waals surface area contributed by atoms with Crippen LogP contribution in [-0.4, -0.2) is 46.4 Å². The minimum absolute atomic E-state index is 0.120. The molecule has 1 unspecified atom stereocenters. The fourth-order valence-corrected chi connectivity index (χ4v) is 5.81. The number of nitrogens with zero attached hydrogens (tertiary/aromatic N) is 2. The Morgan fingerprint density at radius 3 is 2.54 bits per heavy atom. The maximum absolute atomic E-state index is 12.7. The number of rotatable bonds is 5. The van der Waals surface area contributed by atoms with Gasteiger partial charge < -0.3 is 4.90 Å². The number of fused-ring (bicyclic) bond motifs is 1. The van der Waals surface area contributed by atoms with E-state index in [2.05, 4.69) is 0 Å². The van der Waals surface area contributed by atoms with Gasteiger partial charge in [-0.1, -0.05) is 47.9 Å². The van der Waals surface area contributed by atoms with Crippen LogP contribution in [0.15, 0.2) is 39.1 Å². The fraction of sp³-hybridized carbons (Fsp3) is 0.375. The molecule has 2 heterocycles. The lowest BCUT2D eigenvalue weighted by atomic mass is 10.2. The molecule has 1 saturated heterocycles. The van der Waals surface area contributed by atoms with E-state index >= 15 is 0 Å². The molecular formula is C16H18N2O4S4. The van der Waals surface area contributed by atoms with E-state index in [9.17, 15) is 17.8 Å². The van der Waals surface area contributed by atoms with Crippen LogP contribution < -0.4 is 4.90 Å². The monoisotopic (exact) mass is 430 g/mol. The Morgan fingerprint density at radius 2 is 1.92 bits per heavy atom. The Morgan fingerprint density at radius 1 is 1.23 bits per heavy atom. The lowest BCUT2D eigenvalue weighted by molar-refractivity contribution is -0.122. The number of carbonyl (C=O) groups is 1. The largest absolute Gasteiger partial charge is 0.334 e. The molecule has 26 heavy (non-hydrogen) atoms. The SMILES string of the molecule is CCN1C(=O)C(=C2Sc3ccccc3N2CCC(C)S(=O)(=O)O)SC1=S. The Labute approximate surface area is 166 Å². The molecule has 2 aliphatic rings. The van der Waals surface area contributed by atoms with Gasteiger partial charge in [0.25, 0.3) is 16.0 Å². The van der Waals surface area contributed by atoms with Gasteiger partial charge in [0.05, 0.1) is 10.9 Å². The van der Waals surface area contributed by atoms with Gasteiger partial charge in [0.1, 0.15) is 14.3 Å². The van der Waals surface area contributed by atoms with Crippen molar-refractivity contribution in [3.63, 3.8) is 0 Å². The second kappa shape index (κ2) is 7.51. The number of likely N-dealkylation sites (N-methyl/N-ethyl adjacent to an activating group) is 1. The Bertz CT molecular complexity index is 897. The van der Waals surface area contributed by atoms with E-state index in [0.29, 0.717) is 22.3 Å². The van der Waals surface area contributed by atoms with Crippen molar-refractivity contribution in [2.45, 2.75) is 30.4 Å². The highest BCUT2D eigenvalue weighted by Gasteiger charge is 2.38. The van der Waals surface area contributed by atoms with Crippen LogP contribution >= 0.6 is 35.7 Å². The topological polar surface area (TPSA) is 77.9 Å². The van der Waals surface area contributed by atoms with Crippen LogP contribution in [0.25, 0.3) is 0 Å². The Kier molecular flexibility index (Phi) is 5.69. The van der Waals surface area contributed by atoms with Gasteiger partial charge in [-0.15, -0.1) is 0 Å². The van der Waals surface area contributed by atoms with Crippen LogP contribution in [0.5, 0.6) is 0 Å². The maximum atomic E-state index is 12.7. The first kappa shape index (κ1) is 19.7. The number of hydrogen-bond donors (Lipinski definition) is 1. The number of benzene rings is 1. The van der Waals surface area contributed by atoms with E-state index in [1.165, 1.54) is 30.4 Å². The first-order chi connectivity index (χ1) is 12.2. The second-order valence-electron chi connectivity index (χ2n) is 5.89. The molecule has 0 saturated carbocycles. The summed E-state index contributed by atoms with van der Waals surface area (Å²) in [5, 5.41) is -0.117. The molecule has 0 aromatic heterocycles. The zero-order valence-electron chi connectivity index (χ0n) is 14.2. The summed E-state index contributed by atoms with van der Waals surface area (Å²) in [5.41, 5.74) is 0.928. The van der Waals surface area contributed by atoms with Gasteiger partial charge in [-0.3, -0.25) is 14.2 Å². The third kappa shape index (κ3) is 3.65. The summed E-state index contributed by atoms with van der Waals surface area (Å²) in [6, 6.07) is 7.73. The Hall–Kier alpha value is -1.07. The summed E-state index contributed by atoms with van der Waals surface area (Å²) in [6.45, 7) is 4.23. The van der Waals surface area contributed by atoms with Crippen molar-refractivity contribution in [1.29, 1.82) is 0 Å². The van der Waals surface area contributed by atoms with Crippen molar-refractivity contribution in [2.24, 2.45) is 0 Å². The highest BCUT2D eigenvalue weighted by molar-refractivity contribution is 8.27. The molecule has 0 spiro atoms. The van der Waals surface area contributed by atoms with Crippen molar-refractivity contribution >= 4 is 61.8 Å². The second-order valence-corrected chi connectivity index (χ2v) is 10.4. The number of thiocarbonyl (C=S) groups is 1. The van der Waals surface area contributed by atoms with E-state index in [1.54, 1.807) is 4.90 Å². The highest BCUT2D eigenvalue weighted by atomic mass is 32.2. The van der Waals surface area contributed by atoms with Crippen LogP contribution in [0.2, 0.25) is 0 Å². The van der Waals surface area contributed by atoms with Gasteiger partial charge in [-0.05, 0) is 32.4 Å². The standard InChI is InChI=1S/C16H18N2O4S4/c1-3-17-14(19)13(25-16(17)23)15-18(9-8-10(2)26(20,21)22)11-6-4-5-7-12(11)24-15/h4-7,10H,3,8-9H2,1-2H3,(H,20,21,22). The smallest absolute Gasteiger partial charge is 0.268 e. The van der Waals surface area contributed by atoms with Gasteiger partial charge in [-0.25, -0.2) is 0 Å². The molecule has 1 aromatic carbocycles. The predicted molar refractivity (Wildman–Crippen MR) is 110 cm³/mol. The van der Waals surface area contributed by atoms with Crippen LogP contribution in [0.4, 0.5) is 5.69 Å². The average molecular weight is 431 g/mol. The van der Waals surface area contributed by atoms with Crippen molar-refractivity contribution < 1.29 is 17.8 Å². The lowest BCUT2D eigenvalue weighted by Gasteiger charge is -2.22. The molecule has 1 N–H and O–H groups in total. The molecule has 3 rings (SSSR count). The molecule has 0 bridgehead atoms. The third-order valence-corrected chi connectivity index (χ3v) is 8.24. The normalized spacial score (nSPS) is 21.5. The van der Waals surface area contributed by atoms with E-state index in [-0.39, 0.29) is 12.3 Å². The van der Waals surface area contributed by atoms with Crippen molar-refractivity contribution in [2.75, 3.05) is 18.0 Å². The molecular weight excluding hydrogens is 412 g/mol. The number of carbonyl (C=O) groups excluding carboxylic acids is 1. The molecule has 1 fully saturated rings. The minimum Gasteiger partial charge on any atom is -0.334 e. The summed E-state index contributed by atoms with van der Waals surface area (Å²) in [5.74, 6) is -0.120. The Balaban J connectivity index is 1.96. The van der Waals surface area contributed by atoms with Gasteiger partial charge in [0, 0.05) is 18.0 Å². The first-order valence-corrected chi connectivity index (χ1v) is 11.6. The van der Waals surface area contributed by atoms with Crippen LogP contribution in [0.3, 0.4) is 0 Å². The molecule has 0 aliphatic carbocycles. The summed E-state index contributed by atoms with van der Waals surface area (Å²) in [7, 11) is -4.09. The van der Waals surface area contributed by atoms with Gasteiger partial charge in [0.2, 0.25) is 0 Å². The van der Waals surface area contributed by atoms with E-state index in [0.717, 1.165) is 15.6 Å². The molecule has 10 heteroatoms. The predicted octanol–water partition coefficient (Wildman–Crippen LogP) is 3.31. The van der Waals surface area contributed by atoms with Crippen LogP contribution in [-0.2, 0) is 14.9 Å². The quantitative estimate of drug-likeness (QED) is 0.433. The molecule has 2 aliphatic heterocycles.